The van der Waals surface area contributed by atoms with E-state index in [0.717, 1.165) is 36.0 Å². The van der Waals surface area contributed by atoms with Crippen LogP contribution in [0, 0.1) is 13.8 Å². The van der Waals surface area contributed by atoms with E-state index in [0.29, 0.717) is 5.82 Å². The molecule has 1 fully saturated rings. The standard InChI is InChI=1S/C30H31N5OS/c1-21-13-15-25(16-14-21)27(28-29(36)35-30(37-28)31-22(2)32-35)34-19-17-33(18-20-34)26(23-9-5-3-6-10-23)24-11-7-4-8-12-24/h3-16,26-27,36H,17-20H2,1-2H3/t27-/m0/s1. The molecule has 2 aromatic heterocycles. The molecule has 0 aliphatic carbocycles. The number of thiazole rings is 1. The number of aromatic nitrogens is 3. The molecule has 1 aliphatic rings. The van der Waals surface area contributed by atoms with E-state index in [1.807, 2.05) is 6.92 Å². The maximum absolute atomic E-state index is 11.2. The second kappa shape index (κ2) is 10.1. The van der Waals surface area contributed by atoms with Gasteiger partial charge in [-0.3, -0.25) is 9.80 Å². The molecular weight excluding hydrogens is 478 g/mol. The van der Waals surface area contributed by atoms with Gasteiger partial charge in [0.2, 0.25) is 10.8 Å². The fourth-order valence-electron chi connectivity index (χ4n) is 5.44. The molecule has 0 radical (unpaired) electrons. The van der Waals surface area contributed by atoms with Gasteiger partial charge in [0.05, 0.1) is 17.0 Å². The molecule has 3 aromatic carbocycles. The molecule has 3 heterocycles. The Hall–Kier alpha value is -3.52. The molecule has 0 unspecified atom stereocenters. The Bertz CT molecular complexity index is 1430. The van der Waals surface area contributed by atoms with Crippen LogP contribution in [-0.2, 0) is 0 Å². The summed E-state index contributed by atoms with van der Waals surface area (Å²) in [4.78, 5) is 11.2. The summed E-state index contributed by atoms with van der Waals surface area (Å²) in [6, 6.07) is 30.4. The van der Waals surface area contributed by atoms with Crippen molar-refractivity contribution < 1.29 is 5.11 Å². The van der Waals surface area contributed by atoms with Gasteiger partial charge in [-0.25, -0.2) is 4.98 Å². The van der Waals surface area contributed by atoms with Crippen molar-refractivity contribution in [2.75, 3.05) is 26.2 Å². The molecule has 6 nitrogen and oxygen atoms in total. The van der Waals surface area contributed by atoms with Crippen molar-refractivity contribution in [2.45, 2.75) is 25.9 Å². The minimum Gasteiger partial charge on any atom is -0.492 e. The van der Waals surface area contributed by atoms with Crippen LogP contribution in [0.4, 0.5) is 0 Å². The summed E-state index contributed by atoms with van der Waals surface area (Å²) in [6.45, 7) is 7.59. The summed E-state index contributed by atoms with van der Waals surface area (Å²) in [7, 11) is 0. The number of piperazine rings is 1. The van der Waals surface area contributed by atoms with Crippen LogP contribution in [0.1, 0.15) is 45.0 Å². The Kier molecular flexibility index (Phi) is 6.50. The maximum Gasteiger partial charge on any atom is 0.230 e. The number of hydrogen-bond donors (Lipinski definition) is 1. The van der Waals surface area contributed by atoms with Gasteiger partial charge in [-0.1, -0.05) is 102 Å². The van der Waals surface area contributed by atoms with E-state index in [1.54, 1.807) is 4.52 Å². The number of hydrogen-bond acceptors (Lipinski definition) is 6. The van der Waals surface area contributed by atoms with Gasteiger partial charge in [0, 0.05) is 26.2 Å². The quantitative estimate of drug-likeness (QED) is 0.322. The Balaban J connectivity index is 1.32. The van der Waals surface area contributed by atoms with Gasteiger partial charge in [-0.05, 0) is 30.5 Å². The molecule has 0 saturated carbocycles. The van der Waals surface area contributed by atoms with Gasteiger partial charge in [-0.2, -0.15) is 4.52 Å². The first-order chi connectivity index (χ1) is 18.1. The van der Waals surface area contributed by atoms with Crippen LogP contribution in [-0.4, -0.2) is 55.7 Å². The van der Waals surface area contributed by atoms with Crippen molar-refractivity contribution in [1.82, 2.24) is 24.4 Å². The Morgan fingerprint density at radius 3 is 1.76 bits per heavy atom. The second-order valence-corrected chi connectivity index (χ2v) is 10.8. The Morgan fingerprint density at radius 1 is 0.703 bits per heavy atom. The van der Waals surface area contributed by atoms with Crippen LogP contribution in [0.15, 0.2) is 84.9 Å². The minimum absolute atomic E-state index is 0.0524. The summed E-state index contributed by atoms with van der Waals surface area (Å²) >= 11 is 1.53. The topological polar surface area (TPSA) is 56.9 Å². The van der Waals surface area contributed by atoms with E-state index < -0.39 is 0 Å². The highest BCUT2D eigenvalue weighted by atomic mass is 32.1. The molecule has 6 rings (SSSR count). The smallest absolute Gasteiger partial charge is 0.230 e. The van der Waals surface area contributed by atoms with Gasteiger partial charge in [0.25, 0.3) is 0 Å². The molecule has 7 heteroatoms. The average molecular weight is 510 g/mol. The van der Waals surface area contributed by atoms with E-state index in [4.69, 9.17) is 0 Å². The maximum atomic E-state index is 11.2. The van der Waals surface area contributed by atoms with Gasteiger partial charge in [-0.15, -0.1) is 5.10 Å². The third-order valence-corrected chi connectivity index (χ3v) is 8.33. The number of fused-ring (bicyclic) bond motifs is 1. The predicted octanol–water partition coefficient (Wildman–Crippen LogP) is 5.61. The Morgan fingerprint density at radius 2 is 1.22 bits per heavy atom. The van der Waals surface area contributed by atoms with Crippen LogP contribution in [0.2, 0.25) is 0 Å². The van der Waals surface area contributed by atoms with Crippen molar-refractivity contribution in [3.8, 4) is 5.88 Å². The summed E-state index contributed by atoms with van der Waals surface area (Å²) < 4.78 is 1.58. The van der Waals surface area contributed by atoms with Crippen LogP contribution < -0.4 is 0 Å². The highest BCUT2D eigenvalue weighted by Gasteiger charge is 2.33. The van der Waals surface area contributed by atoms with Gasteiger partial charge in [0.1, 0.15) is 5.82 Å². The van der Waals surface area contributed by atoms with Crippen LogP contribution in [0.25, 0.3) is 4.96 Å². The highest BCUT2D eigenvalue weighted by molar-refractivity contribution is 7.17. The molecule has 188 valence electrons. The average Bonchev–Trinajstić information content (AvgIpc) is 3.44. The number of aromatic hydroxyl groups is 1. The number of benzene rings is 3. The Labute approximate surface area is 221 Å². The third kappa shape index (κ3) is 4.66. The fraction of sp³-hybridized carbons (Fsp3) is 0.267. The highest BCUT2D eigenvalue weighted by Crippen LogP contribution is 2.41. The monoisotopic (exact) mass is 509 g/mol. The number of nitrogens with zero attached hydrogens (tertiary/aromatic N) is 5. The third-order valence-electron chi connectivity index (χ3n) is 7.26. The molecule has 1 atom stereocenters. The van der Waals surface area contributed by atoms with Crippen molar-refractivity contribution in [3.63, 3.8) is 0 Å². The van der Waals surface area contributed by atoms with Crippen molar-refractivity contribution in [1.29, 1.82) is 0 Å². The van der Waals surface area contributed by atoms with Gasteiger partial charge >= 0.3 is 0 Å². The van der Waals surface area contributed by atoms with Gasteiger partial charge in [0.15, 0.2) is 0 Å². The normalized spacial score (nSPS) is 16.0. The van der Waals surface area contributed by atoms with Crippen molar-refractivity contribution in [2.24, 2.45) is 0 Å². The van der Waals surface area contributed by atoms with E-state index in [9.17, 15) is 5.11 Å². The molecule has 0 bridgehead atoms. The zero-order chi connectivity index (χ0) is 25.4. The van der Waals surface area contributed by atoms with E-state index >= 15 is 0 Å². The second-order valence-electron chi connectivity index (χ2n) is 9.75. The zero-order valence-electron chi connectivity index (χ0n) is 21.2. The van der Waals surface area contributed by atoms with Crippen molar-refractivity contribution in [3.05, 3.63) is 118 Å². The first-order valence-electron chi connectivity index (χ1n) is 12.8. The summed E-state index contributed by atoms with van der Waals surface area (Å²) in [5.74, 6) is 0.863. The first kappa shape index (κ1) is 23.9. The zero-order valence-corrected chi connectivity index (χ0v) is 22.0. The van der Waals surface area contributed by atoms with Crippen molar-refractivity contribution >= 4 is 16.3 Å². The van der Waals surface area contributed by atoms with Crippen LogP contribution >= 0.6 is 11.3 Å². The lowest BCUT2D eigenvalue weighted by molar-refractivity contribution is 0.0899. The minimum atomic E-state index is -0.0524. The van der Waals surface area contributed by atoms with Crippen LogP contribution in [0.3, 0.4) is 0 Å². The summed E-state index contributed by atoms with van der Waals surface area (Å²) in [5.41, 5.74) is 5.04. The molecular formula is C30H31N5OS. The fourth-order valence-corrected chi connectivity index (χ4v) is 6.60. The number of rotatable bonds is 6. The first-order valence-corrected chi connectivity index (χ1v) is 13.6. The SMILES string of the molecule is Cc1ccc([C@@H](c2sc3nc(C)nn3c2O)N2CCN(C(c3ccccc3)c3ccccc3)CC2)cc1. The van der Waals surface area contributed by atoms with Crippen LogP contribution in [0.5, 0.6) is 5.88 Å². The van der Waals surface area contributed by atoms with Gasteiger partial charge < -0.3 is 5.11 Å². The molecule has 37 heavy (non-hydrogen) atoms. The number of aryl methyl sites for hydroxylation is 2. The molecule has 5 aromatic rings. The van der Waals surface area contributed by atoms with E-state index in [1.165, 1.54) is 33.6 Å². The lowest BCUT2D eigenvalue weighted by Crippen LogP contribution is -2.49. The lowest BCUT2D eigenvalue weighted by Gasteiger charge is -2.42. The summed E-state index contributed by atoms with van der Waals surface area (Å²) in [5, 5.41) is 15.6. The molecule has 0 amide bonds. The molecule has 0 spiro atoms. The molecule has 1 N–H and O–H groups in total. The largest absolute Gasteiger partial charge is 0.492 e. The van der Waals surface area contributed by atoms with E-state index in [-0.39, 0.29) is 18.0 Å². The predicted molar refractivity (Wildman–Crippen MR) is 148 cm³/mol. The molecule has 1 aliphatic heterocycles. The molecule has 1 saturated heterocycles. The van der Waals surface area contributed by atoms with E-state index in [2.05, 4.69) is 112 Å². The summed E-state index contributed by atoms with van der Waals surface area (Å²) in [6.07, 6.45) is 0. The lowest BCUT2D eigenvalue weighted by atomic mass is 9.96.